The third-order valence-electron chi connectivity index (χ3n) is 5.44. The van der Waals surface area contributed by atoms with Crippen molar-refractivity contribution in [1.29, 1.82) is 0 Å². The van der Waals surface area contributed by atoms with Crippen LogP contribution in [0.1, 0.15) is 28.3 Å². The van der Waals surface area contributed by atoms with Crippen LogP contribution in [0.15, 0.2) is 66.9 Å². The molecule has 1 unspecified atom stereocenters. The van der Waals surface area contributed by atoms with Gasteiger partial charge in [-0.05, 0) is 30.5 Å². The second-order valence-corrected chi connectivity index (χ2v) is 7.49. The number of phenolic OH excluding ortho intramolecular Hbond substituents is 2. The van der Waals surface area contributed by atoms with Gasteiger partial charge in [-0.15, -0.1) is 0 Å². The maximum Gasteiger partial charge on any atom is 0.131 e. The topological polar surface area (TPSA) is 77.5 Å². The first-order chi connectivity index (χ1) is 14.6. The average molecular weight is 402 g/mol. The molecule has 4 rings (SSSR count). The number of aromatic nitrogens is 1. The Balaban J connectivity index is 1.64. The Labute approximate surface area is 176 Å². The first-order valence-corrected chi connectivity index (χ1v) is 10.0. The molecular weight excluding hydrogens is 376 g/mol. The minimum Gasteiger partial charge on any atom is -0.508 e. The standard InChI is InChI=1S/C25H26N2O3/c1-16-7-9-17(10-8-16)25(24-22(29)13-19(28)14-23(24)30-2)26-12-11-18-15-27-21-6-4-3-5-20(18)21/h3-10,13-15,25-29H,11-12H2,1-2H3. The van der Waals surface area contributed by atoms with Crippen LogP contribution in [-0.4, -0.2) is 28.9 Å². The summed E-state index contributed by atoms with van der Waals surface area (Å²) in [7, 11) is 1.54. The van der Waals surface area contributed by atoms with Crippen molar-refractivity contribution < 1.29 is 14.9 Å². The molecule has 0 amide bonds. The Morgan fingerprint density at radius 3 is 2.57 bits per heavy atom. The molecule has 0 aliphatic rings. The van der Waals surface area contributed by atoms with Crippen LogP contribution in [0.5, 0.6) is 17.2 Å². The quantitative estimate of drug-likeness (QED) is 0.357. The fraction of sp³-hybridized carbons (Fsp3) is 0.200. The van der Waals surface area contributed by atoms with Crippen molar-refractivity contribution in [2.45, 2.75) is 19.4 Å². The van der Waals surface area contributed by atoms with Crippen LogP contribution in [0.4, 0.5) is 0 Å². The molecule has 0 fully saturated rings. The molecule has 5 heteroatoms. The summed E-state index contributed by atoms with van der Waals surface area (Å²) in [4.78, 5) is 3.31. The number of rotatable bonds is 7. The van der Waals surface area contributed by atoms with Gasteiger partial charge >= 0.3 is 0 Å². The van der Waals surface area contributed by atoms with E-state index < -0.39 is 0 Å². The highest BCUT2D eigenvalue weighted by atomic mass is 16.5. The van der Waals surface area contributed by atoms with Gasteiger partial charge in [0.25, 0.3) is 0 Å². The lowest BCUT2D eigenvalue weighted by atomic mass is 9.95. The van der Waals surface area contributed by atoms with E-state index in [1.807, 2.05) is 49.5 Å². The normalized spacial score (nSPS) is 12.2. The summed E-state index contributed by atoms with van der Waals surface area (Å²) < 4.78 is 5.48. The number of hydrogen-bond acceptors (Lipinski definition) is 4. The summed E-state index contributed by atoms with van der Waals surface area (Å²) >= 11 is 0. The molecule has 0 saturated carbocycles. The number of aryl methyl sites for hydroxylation is 1. The second-order valence-electron chi connectivity index (χ2n) is 7.49. The van der Waals surface area contributed by atoms with Crippen molar-refractivity contribution in [2.75, 3.05) is 13.7 Å². The lowest BCUT2D eigenvalue weighted by molar-refractivity contribution is 0.382. The third-order valence-corrected chi connectivity index (χ3v) is 5.44. The molecule has 154 valence electrons. The van der Waals surface area contributed by atoms with Crippen molar-refractivity contribution in [3.63, 3.8) is 0 Å². The lowest BCUT2D eigenvalue weighted by Gasteiger charge is -2.23. The summed E-state index contributed by atoms with van der Waals surface area (Å²) in [6.45, 7) is 2.74. The van der Waals surface area contributed by atoms with E-state index in [0.717, 1.165) is 23.1 Å². The molecule has 4 aromatic rings. The number of ether oxygens (including phenoxy) is 1. The van der Waals surface area contributed by atoms with Crippen molar-refractivity contribution in [3.05, 3.63) is 89.1 Å². The largest absolute Gasteiger partial charge is 0.508 e. The SMILES string of the molecule is COc1cc(O)cc(O)c1C(NCCc1c[nH]c2ccccc12)c1ccc(C)cc1. The molecule has 0 saturated heterocycles. The van der Waals surface area contributed by atoms with Crippen LogP contribution >= 0.6 is 0 Å². The van der Waals surface area contributed by atoms with Crippen LogP contribution in [-0.2, 0) is 6.42 Å². The third kappa shape index (κ3) is 3.98. The predicted molar refractivity (Wildman–Crippen MR) is 119 cm³/mol. The minimum atomic E-state index is -0.286. The van der Waals surface area contributed by atoms with E-state index in [4.69, 9.17) is 4.74 Å². The van der Waals surface area contributed by atoms with Crippen molar-refractivity contribution in [1.82, 2.24) is 10.3 Å². The molecule has 4 N–H and O–H groups in total. The van der Waals surface area contributed by atoms with Gasteiger partial charge in [-0.2, -0.15) is 0 Å². The van der Waals surface area contributed by atoms with Crippen LogP contribution < -0.4 is 10.1 Å². The lowest BCUT2D eigenvalue weighted by Crippen LogP contribution is -2.25. The molecular formula is C25H26N2O3. The van der Waals surface area contributed by atoms with Gasteiger partial charge in [-0.1, -0.05) is 48.0 Å². The van der Waals surface area contributed by atoms with Gasteiger partial charge in [0.1, 0.15) is 17.2 Å². The number of phenols is 2. The van der Waals surface area contributed by atoms with Crippen LogP contribution in [0, 0.1) is 6.92 Å². The number of benzene rings is 3. The van der Waals surface area contributed by atoms with Gasteiger partial charge in [0.05, 0.1) is 18.7 Å². The number of nitrogens with one attached hydrogen (secondary N) is 2. The van der Waals surface area contributed by atoms with Gasteiger partial charge < -0.3 is 25.3 Å². The van der Waals surface area contributed by atoms with Crippen LogP contribution in [0.25, 0.3) is 10.9 Å². The number of methoxy groups -OCH3 is 1. The number of fused-ring (bicyclic) bond motifs is 1. The summed E-state index contributed by atoms with van der Waals surface area (Å²) in [5.74, 6) is 0.407. The maximum absolute atomic E-state index is 10.6. The molecule has 1 aromatic heterocycles. The van der Waals surface area contributed by atoms with Gasteiger partial charge in [0.2, 0.25) is 0 Å². The van der Waals surface area contributed by atoms with Gasteiger partial charge in [-0.25, -0.2) is 0 Å². The smallest absolute Gasteiger partial charge is 0.131 e. The number of aromatic amines is 1. The van der Waals surface area contributed by atoms with E-state index in [-0.39, 0.29) is 17.5 Å². The zero-order valence-electron chi connectivity index (χ0n) is 17.1. The zero-order valence-corrected chi connectivity index (χ0v) is 17.1. The predicted octanol–water partition coefficient (Wildman–Crippen LogP) is 4.82. The Bertz CT molecular complexity index is 1150. The van der Waals surface area contributed by atoms with E-state index in [2.05, 4.69) is 22.4 Å². The van der Waals surface area contributed by atoms with Crippen molar-refractivity contribution in [3.8, 4) is 17.2 Å². The van der Waals surface area contributed by atoms with E-state index in [0.29, 0.717) is 17.9 Å². The molecule has 0 aliphatic heterocycles. The Hall–Kier alpha value is -3.44. The highest BCUT2D eigenvalue weighted by Crippen LogP contribution is 2.40. The molecule has 0 radical (unpaired) electrons. The molecule has 1 atom stereocenters. The number of H-pyrrole nitrogens is 1. The zero-order chi connectivity index (χ0) is 21.1. The number of aromatic hydroxyl groups is 2. The molecule has 0 bridgehead atoms. The van der Waals surface area contributed by atoms with Crippen molar-refractivity contribution in [2.24, 2.45) is 0 Å². The van der Waals surface area contributed by atoms with E-state index in [1.54, 1.807) is 0 Å². The van der Waals surface area contributed by atoms with E-state index in [1.165, 1.54) is 30.2 Å². The van der Waals surface area contributed by atoms with Crippen LogP contribution in [0.3, 0.4) is 0 Å². The van der Waals surface area contributed by atoms with E-state index >= 15 is 0 Å². The molecule has 3 aromatic carbocycles. The summed E-state index contributed by atoms with van der Waals surface area (Å²) in [6.07, 6.45) is 2.87. The summed E-state index contributed by atoms with van der Waals surface area (Å²) in [6, 6.07) is 19.0. The second kappa shape index (κ2) is 8.51. The highest BCUT2D eigenvalue weighted by Gasteiger charge is 2.23. The van der Waals surface area contributed by atoms with Gasteiger partial charge in [0.15, 0.2) is 0 Å². The molecule has 0 spiro atoms. The van der Waals surface area contributed by atoms with Crippen molar-refractivity contribution >= 4 is 10.9 Å². The summed E-state index contributed by atoms with van der Waals surface area (Å²) in [5, 5.41) is 25.3. The van der Waals surface area contributed by atoms with E-state index in [9.17, 15) is 10.2 Å². The highest BCUT2D eigenvalue weighted by molar-refractivity contribution is 5.83. The number of hydrogen-bond donors (Lipinski definition) is 4. The maximum atomic E-state index is 10.6. The first-order valence-electron chi connectivity index (χ1n) is 10.0. The molecule has 0 aliphatic carbocycles. The fourth-order valence-electron chi connectivity index (χ4n) is 3.89. The molecule has 1 heterocycles. The fourth-order valence-corrected chi connectivity index (χ4v) is 3.89. The Kier molecular flexibility index (Phi) is 5.63. The molecule has 5 nitrogen and oxygen atoms in total. The van der Waals surface area contributed by atoms with Gasteiger partial charge in [-0.3, -0.25) is 0 Å². The summed E-state index contributed by atoms with van der Waals surface area (Å²) in [5.41, 5.74) is 5.15. The number of para-hydroxylation sites is 1. The molecule has 30 heavy (non-hydrogen) atoms. The first kappa shape index (κ1) is 19.9. The van der Waals surface area contributed by atoms with Gasteiger partial charge in [0, 0.05) is 35.8 Å². The Morgan fingerprint density at radius 2 is 1.80 bits per heavy atom. The average Bonchev–Trinajstić information content (AvgIpc) is 3.15. The monoisotopic (exact) mass is 402 g/mol. The Morgan fingerprint density at radius 1 is 1.03 bits per heavy atom. The minimum absolute atomic E-state index is 0.00276. The van der Waals surface area contributed by atoms with Crippen LogP contribution in [0.2, 0.25) is 0 Å².